The van der Waals surface area contributed by atoms with Crippen LogP contribution in [0.2, 0.25) is 0 Å². The zero-order valence-electron chi connectivity index (χ0n) is 18.6. The van der Waals surface area contributed by atoms with E-state index in [9.17, 15) is 0 Å². The van der Waals surface area contributed by atoms with Crippen LogP contribution in [0.15, 0.2) is 24.8 Å². The molecule has 0 atom stereocenters. The quantitative estimate of drug-likeness (QED) is 0.502. The van der Waals surface area contributed by atoms with Crippen molar-refractivity contribution in [2.24, 2.45) is 0 Å². The Morgan fingerprint density at radius 3 is 2.71 bits per heavy atom. The summed E-state index contributed by atoms with van der Waals surface area (Å²) in [6.45, 7) is 11.5. The largest absolute Gasteiger partial charge is 0.353 e. The van der Waals surface area contributed by atoms with Crippen LogP contribution >= 0.6 is 0 Å². The topological polar surface area (TPSA) is 62.1 Å². The number of hydrogen-bond donors (Lipinski definition) is 1. The molecule has 0 spiro atoms. The molecule has 1 fully saturated rings. The van der Waals surface area contributed by atoms with Gasteiger partial charge in [-0.15, -0.1) is 0 Å². The Labute approximate surface area is 181 Å². The summed E-state index contributed by atoms with van der Waals surface area (Å²) in [6.07, 6.45) is 7.24. The molecule has 0 saturated carbocycles. The lowest BCUT2D eigenvalue weighted by Crippen LogP contribution is -2.33. The highest BCUT2D eigenvalue weighted by Crippen LogP contribution is 2.39. The molecule has 0 amide bonds. The van der Waals surface area contributed by atoms with Gasteiger partial charge in [0.2, 0.25) is 0 Å². The first-order valence-corrected chi connectivity index (χ1v) is 11.2. The van der Waals surface area contributed by atoms with E-state index in [1.807, 2.05) is 19.3 Å². The van der Waals surface area contributed by atoms with E-state index >= 15 is 4.39 Å². The molecule has 31 heavy (non-hydrogen) atoms. The zero-order valence-corrected chi connectivity index (χ0v) is 18.6. The Kier molecular flexibility index (Phi) is 5.01. The van der Waals surface area contributed by atoms with Gasteiger partial charge in [0.1, 0.15) is 6.33 Å². The van der Waals surface area contributed by atoms with Crippen LogP contribution in [0.1, 0.15) is 62.3 Å². The summed E-state index contributed by atoms with van der Waals surface area (Å²) in [6, 6.07) is 2.09. The lowest BCUT2D eigenvalue weighted by molar-refractivity contribution is 0.219. The van der Waals surface area contributed by atoms with E-state index in [1.165, 1.54) is 0 Å². The maximum atomic E-state index is 15.9. The van der Waals surface area contributed by atoms with E-state index < -0.39 is 0 Å². The lowest BCUT2D eigenvalue weighted by Gasteiger charge is -2.30. The number of rotatable bonds is 4. The predicted octanol–water partition coefficient (Wildman–Crippen LogP) is 5.04. The van der Waals surface area contributed by atoms with Gasteiger partial charge in [-0.05, 0) is 62.5 Å². The zero-order chi connectivity index (χ0) is 21.7. The summed E-state index contributed by atoms with van der Waals surface area (Å²) in [7, 11) is 0. The minimum absolute atomic E-state index is 0.155. The monoisotopic (exact) mass is 420 g/mol. The van der Waals surface area contributed by atoms with E-state index in [1.54, 1.807) is 10.8 Å². The molecule has 0 bridgehead atoms. The molecule has 5 heterocycles. The van der Waals surface area contributed by atoms with Gasteiger partial charge < -0.3 is 9.88 Å². The predicted molar refractivity (Wildman–Crippen MR) is 121 cm³/mol. The number of likely N-dealkylation sites (tertiary alicyclic amines) is 1. The first kappa shape index (κ1) is 20.1. The third-order valence-corrected chi connectivity index (χ3v) is 6.69. The number of piperidine rings is 1. The number of aromatic nitrogens is 5. The Morgan fingerprint density at radius 1 is 1.23 bits per heavy atom. The molecule has 4 aromatic rings. The van der Waals surface area contributed by atoms with Gasteiger partial charge >= 0.3 is 0 Å². The number of aryl methyl sites for hydroxylation is 1. The van der Waals surface area contributed by atoms with Gasteiger partial charge in [0.25, 0.3) is 0 Å². The number of H-pyrrole nitrogens is 1. The van der Waals surface area contributed by atoms with E-state index in [4.69, 9.17) is 0 Å². The molecule has 1 aliphatic rings. The smallest absolute Gasteiger partial charge is 0.158 e. The lowest BCUT2D eigenvalue weighted by atomic mass is 9.90. The van der Waals surface area contributed by atoms with Gasteiger partial charge in [-0.3, -0.25) is 4.98 Å². The maximum absolute atomic E-state index is 15.9. The number of hydrogen-bond acceptors (Lipinski definition) is 4. The molecule has 0 aromatic carbocycles. The van der Waals surface area contributed by atoms with Crippen molar-refractivity contribution in [3.8, 4) is 11.3 Å². The average molecular weight is 421 g/mol. The van der Waals surface area contributed by atoms with E-state index in [2.05, 4.69) is 51.8 Å². The number of fused-ring (bicyclic) bond motifs is 2. The summed E-state index contributed by atoms with van der Waals surface area (Å²) < 4.78 is 17.7. The molecule has 1 N–H and O–H groups in total. The van der Waals surface area contributed by atoms with Crippen LogP contribution in [-0.2, 0) is 0 Å². The van der Waals surface area contributed by atoms with Gasteiger partial charge in [0.15, 0.2) is 11.5 Å². The highest BCUT2D eigenvalue weighted by Gasteiger charge is 2.27. The second-order valence-corrected chi connectivity index (χ2v) is 8.96. The Balaban J connectivity index is 1.65. The van der Waals surface area contributed by atoms with Gasteiger partial charge in [0.05, 0.1) is 23.1 Å². The molecule has 1 saturated heterocycles. The Bertz CT molecular complexity index is 1250. The third-order valence-electron chi connectivity index (χ3n) is 6.69. The molecule has 162 valence electrons. The molecular weight excluding hydrogens is 391 g/mol. The molecule has 6 nitrogen and oxygen atoms in total. The van der Waals surface area contributed by atoms with Crippen molar-refractivity contribution < 1.29 is 4.39 Å². The van der Waals surface area contributed by atoms with E-state index in [0.29, 0.717) is 11.1 Å². The van der Waals surface area contributed by atoms with Crippen LogP contribution in [0.3, 0.4) is 0 Å². The number of pyridine rings is 2. The van der Waals surface area contributed by atoms with E-state index in [-0.39, 0.29) is 17.7 Å². The van der Waals surface area contributed by atoms with Crippen LogP contribution in [0.25, 0.3) is 27.8 Å². The average Bonchev–Trinajstić information content (AvgIpc) is 3.39. The first-order valence-electron chi connectivity index (χ1n) is 11.2. The SMILES string of the molecule is CCN1CCC(c2ncc3[nH]c(-c4cc(C)c5ncnn5c4)c(C(C)C)c3c2F)CC1. The van der Waals surface area contributed by atoms with Crippen LogP contribution in [0.5, 0.6) is 0 Å². The fourth-order valence-corrected chi connectivity index (χ4v) is 5.03. The van der Waals surface area contributed by atoms with Crippen molar-refractivity contribution in [1.29, 1.82) is 0 Å². The standard InChI is InChI=1S/C24H29FN6/c1-5-30-8-6-16(7-9-30)23-21(25)20-18(11-26-23)29-22(19(20)14(2)3)17-10-15(4)24-27-13-28-31(24)12-17/h10-14,16,29H,5-9H2,1-4H3. The summed E-state index contributed by atoms with van der Waals surface area (Å²) in [4.78, 5) is 14.8. The fraction of sp³-hybridized carbons (Fsp3) is 0.458. The van der Waals surface area contributed by atoms with Crippen LogP contribution < -0.4 is 0 Å². The van der Waals surface area contributed by atoms with E-state index in [0.717, 1.165) is 66.0 Å². The van der Waals surface area contributed by atoms with Gasteiger partial charge in [-0.25, -0.2) is 13.9 Å². The van der Waals surface area contributed by atoms with Gasteiger partial charge in [-0.1, -0.05) is 20.8 Å². The van der Waals surface area contributed by atoms with Crippen molar-refractivity contribution in [2.45, 2.75) is 52.4 Å². The van der Waals surface area contributed by atoms with Gasteiger partial charge in [-0.2, -0.15) is 5.10 Å². The van der Waals surface area contributed by atoms with Gasteiger partial charge in [0, 0.05) is 23.1 Å². The summed E-state index contributed by atoms with van der Waals surface area (Å²) in [5.41, 5.74) is 6.16. The highest BCUT2D eigenvalue weighted by molar-refractivity contribution is 5.92. The van der Waals surface area contributed by atoms with Crippen LogP contribution in [-0.4, -0.2) is 49.1 Å². The van der Waals surface area contributed by atoms with Crippen LogP contribution in [0.4, 0.5) is 4.39 Å². The summed E-state index contributed by atoms with van der Waals surface area (Å²) in [5, 5.41) is 4.99. The minimum Gasteiger partial charge on any atom is -0.353 e. The third kappa shape index (κ3) is 3.31. The Hall–Kier alpha value is -2.80. The number of aromatic amines is 1. The van der Waals surface area contributed by atoms with Crippen LogP contribution in [0, 0.1) is 12.7 Å². The molecule has 0 radical (unpaired) electrons. The minimum atomic E-state index is -0.155. The van der Waals surface area contributed by atoms with Crippen molar-refractivity contribution in [1.82, 2.24) is 29.5 Å². The van der Waals surface area contributed by atoms with Crippen molar-refractivity contribution in [3.63, 3.8) is 0 Å². The molecule has 7 heteroatoms. The summed E-state index contributed by atoms with van der Waals surface area (Å²) in [5.74, 6) is 0.179. The number of nitrogens with one attached hydrogen (secondary N) is 1. The second kappa shape index (κ2) is 7.71. The highest BCUT2D eigenvalue weighted by atomic mass is 19.1. The fourth-order valence-electron chi connectivity index (χ4n) is 5.03. The van der Waals surface area contributed by atoms with Crippen molar-refractivity contribution >= 4 is 16.6 Å². The molecule has 0 unspecified atom stereocenters. The normalized spacial score (nSPS) is 16.2. The molecule has 5 rings (SSSR count). The molecule has 1 aliphatic heterocycles. The van der Waals surface area contributed by atoms with Crippen molar-refractivity contribution in [3.05, 3.63) is 47.4 Å². The molecular formula is C24H29FN6. The summed E-state index contributed by atoms with van der Waals surface area (Å²) >= 11 is 0. The second-order valence-electron chi connectivity index (χ2n) is 8.96. The van der Waals surface area contributed by atoms with Crippen molar-refractivity contribution in [2.75, 3.05) is 19.6 Å². The number of nitrogens with zero attached hydrogens (tertiary/aromatic N) is 5. The number of halogens is 1. The Morgan fingerprint density at radius 2 is 2.00 bits per heavy atom. The first-order chi connectivity index (χ1) is 15.0. The molecule has 0 aliphatic carbocycles. The maximum Gasteiger partial charge on any atom is 0.158 e. The molecule has 4 aromatic heterocycles.